The van der Waals surface area contributed by atoms with Crippen LogP contribution in [0.2, 0.25) is 0 Å². The first-order valence-corrected chi connectivity index (χ1v) is 0.561. The molecule has 0 aromatic carbocycles. The molecule has 0 aromatic rings. The molecule has 0 unspecified atom stereocenters. The van der Waals surface area contributed by atoms with Crippen LogP contribution in [-0.2, 0) is 36.0 Å². The molecule has 5 heteroatoms. The summed E-state index contributed by atoms with van der Waals surface area (Å²) < 4.78 is 7.94. The van der Waals surface area contributed by atoms with E-state index in [0.717, 1.165) is 0 Å². The maximum absolute atomic E-state index is 7.94. The predicted molar refractivity (Wildman–Crippen MR) is 16.4 cm³/mol. The van der Waals surface area contributed by atoms with Gasteiger partial charge in [-0.2, -0.15) is 0 Å². The molecule has 0 amide bonds. The van der Waals surface area contributed by atoms with Crippen molar-refractivity contribution in [3.63, 3.8) is 0 Å². The first-order valence-electron chi connectivity index (χ1n) is 0.136. The van der Waals surface area contributed by atoms with Crippen LogP contribution < -0.4 is 0 Å². The van der Waals surface area contributed by atoms with Gasteiger partial charge in [0.25, 0.3) is 0 Å². The van der Waals surface area contributed by atoms with Gasteiger partial charge >= 0.3 is 61.4 Å². The molecule has 0 aliphatic carbocycles. The third-order valence-electron chi connectivity index (χ3n) is 0. The fourth-order valence-corrected chi connectivity index (χ4v) is 0. The van der Waals surface area contributed by atoms with Crippen molar-refractivity contribution in [3.8, 4) is 0 Å². The Morgan fingerprint density at radius 3 is 1.20 bits per heavy atom. The zero-order chi connectivity index (χ0) is 2.00. The third kappa shape index (κ3) is 22.8. The molecule has 0 saturated heterocycles. The van der Waals surface area contributed by atoms with Crippen molar-refractivity contribution in [2.24, 2.45) is 0 Å². The normalized spacial score (nSPS) is 1.00. The fourth-order valence-electron chi connectivity index (χ4n) is 0. The van der Waals surface area contributed by atoms with E-state index in [1.54, 1.807) is 0 Å². The Morgan fingerprint density at radius 1 is 1.20 bits per heavy atom. The Bertz CT molecular complexity index is 11.6. The summed E-state index contributed by atoms with van der Waals surface area (Å²) in [6.45, 7) is 0. The Morgan fingerprint density at radius 2 is 1.20 bits per heavy atom. The predicted octanol–water partition coefficient (Wildman–Crippen LogP) is -1.69. The summed E-state index contributed by atoms with van der Waals surface area (Å²) in [4.78, 5) is 0. The van der Waals surface area contributed by atoms with Gasteiger partial charge < -0.3 is 0 Å². The second-order valence-corrected chi connectivity index (χ2v) is 0. The summed E-state index contributed by atoms with van der Waals surface area (Å²) in [5.74, 6) is 0. The molecule has 0 aromatic heterocycles. The summed E-state index contributed by atoms with van der Waals surface area (Å²) in [6.07, 6.45) is 0. The molecule has 31 valence electrons. The van der Waals surface area contributed by atoms with Gasteiger partial charge in [0.15, 0.2) is 0 Å². The average Bonchev–Trinajstić information content (AvgIpc) is 1.00. The monoisotopic (exact) mass is 167 g/mol. The zero-order valence-corrected chi connectivity index (χ0v) is 3.09. The SMILES string of the molecule is [LiH].[MgH2].[Ni].[O]=[Co]. The van der Waals surface area contributed by atoms with Crippen molar-refractivity contribution in [1.82, 2.24) is 0 Å². The number of rotatable bonds is 0. The first kappa shape index (κ1) is 27.2. The van der Waals surface area contributed by atoms with Gasteiger partial charge in [-0.15, -0.1) is 0 Å². The minimum absolute atomic E-state index is 0. The Balaban J connectivity index is -0.00000000167. The Kier molecular flexibility index (Phi) is 191. The first-order chi connectivity index (χ1) is 1.00. The van der Waals surface area contributed by atoms with Crippen molar-refractivity contribution < 1.29 is 36.0 Å². The molecule has 0 atom stereocenters. The van der Waals surface area contributed by atoms with Crippen molar-refractivity contribution in [2.45, 2.75) is 0 Å². The van der Waals surface area contributed by atoms with Crippen LogP contribution in [0.3, 0.4) is 0 Å². The summed E-state index contributed by atoms with van der Waals surface area (Å²) in [5, 5.41) is 0. The minimum atomic E-state index is 0. The second-order valence-electron chi connectivity index (χ2n) is 0. The van der Waals surface area contributed by atoms with E-state index in [1.165, 1.54) is 0 Å². The van der Waals surface area contributed by atoms with Gasteiger partial charge in [0.2, 0.25) is 0 Å². The van der Waals surface area contributed by atoms with Crippen LogP contribution in [0.15, 0.2) is 0 Å². The van der Waals surface area contributed by atoms with E-state index >= 15 is 0 Å². The van der Waals surface area contributed by atoms with Crippen molar-refractivity contribution >= 4 is 41.9 Å². The van der Waals surface area contributed by atoms with E-state index in [9.17, 15) is 0 Å². The van der Waals surface area contributed by atoms with Crippen molar-refractivity contribution in [3.05, 3.63) is 0 Å². The van der Waals surface area contributed by atoms with E-state index in [4.69, 9.17) is 3.87 Å². The second kappa shape index (κ2) is 35.1. The molecular formula is H3CoLiMgNiO. The fraction of sp³-hybridized carbons (Fsp3) is 0. The van der Waals surface area contributed by atoms with Crippen LogP contribution in [-0.4, -0.2) is 41.9 Å². The van der Waals surface area contributed by atoms with Crippen LogP contribution in [0, 0.1) is 0 Å². The standard InChI is InChI=1S/Co.Li.Mg.Ni.O.3H. The van der Waals surface area contributed by atoms with Crippen LogP contribution in [0.4, 0.5) is 0 Å². The van der Waals surface area contributed by atoms with Crippen molar-refractivity contribution in [1.29, 1.82) is 0 Å². The molecular weight excluding hydrogens is 165 g/mol. The van der Waals surface area contributed by atoms with Crippen molar-refractivity contribution in [2.75, 3.05) is 0 Å². The molecule has 0 heterocycles. The van der Waals surface area contributed by atoms with Gasteiger partial charge in [-0.1, -0.05) is 0 Å². The maximum atomic E-state index is 7.94. The van der Waals surface area contributed by atoms with E-state index < -0.39 is 0 Å². The van der Waals surface area contributed by atoms with Gasteiger partial charge in [-0.25, -0.2) is 0 Å². The molecule has 0 N–H and O–H groups in total. The quantitative estimate of drug-likeness (QED) is 0.394. The van der Waals surface area contributed by atoms with E-state index in [0.29, 0.717) is 0 Å². The Hall–Kier alpha value is 2.16. The number of hydrogen-bond acceptors (Lipinski definition) is 1. The third-order valence-corrected chi connectivity index (χ3v) is 0. The molecule has 0 fully saturated rings. The zero-order valence-electron chi connectivity index (χ0n) is 1.06. The molecule has 5 heavy (non-hydrogen) atoms. The van der Waals surface area contributed by atoms with Crippen LogP contribution in [0.1, 0.15) is 0 Å². The average molecular weight is 168 g/mol. The molecule has 0 radical (unpaired) electrons. The van der Waals surface area contributed by atoms with Gasteiger partial charge in [0.05, 0.1) is 0 Å². The van der Waals surface area contributed by atoms with Gasteiger partial charge in [0, 0.05) is 16.5 Å². The number of hydrogen-bond donors (Lipinski definition) is 0. The van der Waals surface area contributed by atoms with E-state index in [-0.39, 0.29) is 58.4 Å². The molecule has 0 aliphatic rings. The summed E-state index contributed by atoms with van der Waals surface area (Å²) in [6, 6.07) is 0. The molecule has 0 aliphatic heterocycles. The topological polar surface area (TPSA) is 17.1 Å². The Labute approximate surface area is 77.1 Å². The molecule has 0 saturated carbocycles. The summed E-state index contributed by atoms with van der Waals surface area (Å²) in [7, 11) is 0. The van der Waals surface area contributed by atoms with Crippen LogP contribution >= 0.6 is 0 Å². The summed E-state index contributed by atoms with van der Waals surface area (Å²) >= 11 is 2.31. The van der Waals surface area contributed by atoms with Gasteiger partial charge in [0.1, 0.15) is 0 Å². The molecule has 0 spiro atoms. The molecule has 1 nitrogen and oxygen atoms in total. The summed E-state index contributed by atoms with van der Waals surface area (Å²) in [5.41, 5.74) is 0. The molecule has 0 rings (SSSR count). The van der Waals surface area contributed by atoms with Crippen LogP contribution in [0.25, 0.3) is 0 Å². The van der Waals surface area contributed by atoms with E-state index in [1.807, 2.05) is 0 Å². The van der Waals surface area contributed by atoms with Gasteiger partial charge in [-0.05, 0) is 0 Å². The van der Waals surface area contributed by atoms with Gasteiger partial charge in [-0.3, -0.25) is 0 Å². The van der Waals surface area contributed by atoms with E-state index in [2.05, 4.69) is 15.7 Å². The van der Waals surface area contributed by atoms with Crippen LogP contribution in [0.5, 0.6) is 0 Å². The molecule has 0 bridgehead atoms.